The molecule has 0 bridgehead atoms. The Labute approximate surface area is 323 Å². The maximum Gasteiger partial charge on any atom is 0.323 e. The maximum atomic E-state index is 12.3. The lowest BCUT2D eigenvalue weighted by Crippen LogP contribution is -2.29. The van der Waals surface area contributed by atoms with Crippen molar-refractivity contribution in [1.82, 2.24) is 9.88 Å². The molecule has 0 aliphatic carbocycles. The molecule has 1 heterocycles. The summed E-state index contributed by atoms with van der Waals surface area (Å²) < 4.78 is 11.8. The lowest BCUT2D eigenvalue weighted by Gasteiger charge is -2.26. The van der Waals surface area contributed by atoms with Crippen molar-refractivity contribution in [3.63, 3.8) is 0 Å². The summed E-state index contributed by atoms with van der Waals surface area (Å²) in [6.45, 7) is 3.63. The Hall–Kier alpha value is -5.99. The van der Waals surface area contributed by atoms with E-state index in [2.05, 4.69) is 49.8 Å². The summed E-state index contributed by atoms with van der Waals surface area (Å²) in [4.78, 5) is 29.9. The number of nitrogens with zero attached hydrogens (tertiary/aromatic N) is 2. The van der Waals surface area contributed by atoms with Gasteiger partial charge in [-0.05, 0) is 78.5 Å². The van der Waals surface area contributed by atoms with Gasteiger partial charge in [-0.1, -0.05) is 97.5 Å². The second-order valence-electron chi connectivity index (χ2n) is 13.0. The number of urea groups is 1. The standard InChI is InChI=1S/C45H49N5O5/c51-35-47-42-30-39(23-24-44(42)55-34-38-18-7-4-8-19-38)43(52)33-50(32-37-16-5-3-6-17-37)26-10-1-2-11-27-54-28-12-9-15-36-20-13-21-40(29-36)48-45(53)49-41-22-14-25-46-31-41/h3-8,13-14,16-25,29-31,35,43,52H,1-2,10-12,26-28,32-34H2,(H,47,51)(H2,48,49,53)/t43-/m0/s1. The topological polar surface area (TPSA) is 125 Å². The van der Waals surface area contributed by atoms with Gasteiger partial charge in [-0.15, -0.1) is 0 Å². The lowest BCUT2D eigenvalue weighted by molar-refractivity contribution is -0.105. The number of aromatic nitrogens is 1. The Bertz CT molecular complexity index is 1950. The van der Waals surface area contributed by atoms with E-state index in [1.54, 1.807) is 36.7 Å². The average Bonchev–Trinajstić information content (AvgIpc) is 3.20. The van der Waals surface area contributed by atoms with Crippen molar-refractivity contribution < 1.29 is 24.2 Å². The maximum absolute atomic E-state index is 12.3. The van der Waals surface area contributed by atoms with Gasteiger partial charge < -0.3 is 30.5 Å². The van der Waals surface area contributed by atoms with E-state index >= 15 is 0 Å². The Morgan fingerprint density at radius 2 is 1.58 bits per heavy atom. The van der Waals surface area contributed by atoms with Crippen LogP contribution in [0.25, 0.3) is 0 Å². The summed E-state index contributed by atoms with van der Waals surface area (Å²) >= 11 is 0. The van der Waals surface area contributed by atoms with E-state index in [0.29, 0.717) is 67.6 Å². The number of hydrogen-bond acceptors (Lipinski definition) is 7. The molecule has 0 aliphatic rings. The van der Waals surface area contributed by atoms with E-state index in [4.69, 9.17) is 9.47 Å². The zero-order chi connectivity index (χ0) is 38.3. The van der Waals surface area contributed by atoms with Crippen LogP contribution in [0.4, 0.5) is 21.9 Å². The monoisotopic (exact) mass is 739 g/mol. The van der Waals surface area contributed by atoms with Crippen LogP contribution in [0.2, 0.25) is 0 Å². The minimum Gasteiger partial charge on any atom is -0.487 e. The van der Waals surface area contributed by atoms with E-state index in [0.717, 1.165) is 49.9 Å². The summed E-state index contributed by atoms with van der Waals surface area (Å²) in [5.74, 6) is 6.84. The highest BCUT2D eigenvalue weighted by atomic mass is 16.5. The second-order valence-corrected chi connectivity index (χ2v) is 13.0. The molecule has 0 spiro atoms. The number of carbonyl (C=O) groups excluding carboxylic acids is 2. The molecular weight excluding hydrogens is 691 g/mol. The van der Waals surface area contributed by atoms with Gasteiger partial charge in [0.15, 0.2) is 0 Å². The van der Waals surface area contributed by atoms with E-state index in [1.165, 1.54) is 5.56 Å². The van der Waals surface area contributed by atoms with Crippen LogP contribution in [0, 0.1) is 11.8 Å². The number of aliphatic hydroxyl groups is 1. The van der Waals surface area contributed by atoms with Gasteiger partial charge in [-0.25, -0.2) is 4.79 Å². The van der Waals surface area contributed by atoms with Gasteiger partial charge in [0.2, 0.25) is 6.41 Å². The van der Waals surface area contributed by atoms with Crippen LogP contribution in [0.15, 0.2) is 128 Å². The fourth-order valence-electron chi connectivity index (χ4n) is 5.91. The number of anilines is 3. The smallest absolute Gasteiger partial charge is 0.323 e. The molecule has 0 saturated heterocycles. The zero-order valence-electron chi connectivity index (χ0n) is 31.0. The molecule has 5 aromatic rings. The highest BCUT2D eigenvalue weighted by Gasteiger charge is 2.17. The van der Waals surface area contributed by atoms with Crippen molar-refractivity contribution in [2.45, 2.75) is 51.4 Å². The van der Waals surface area contributed by atoms with Crippen LogP contribution in [0.3, 0.4) is 0 Å². The first-order valence-electron chi connectivity index (χ1n) is 18.7. The molecule has 4 N–H and O–H groups in total. The SMILES string of the molecule is O=CNc1cc([C@@H](O)CN(CCCCCCOCCC#Cc2cccc(NC(=O)Nc3cccnc3)c2)Cc2ccccc2)ccc1OCc1ccccc1. The molecular formula is C45H49N5O5. The van der Waals surface area contributed by atoms with Crippen molar-refractivity contribution in [3.8, 4) is 17.6 Å². The number of pyridine rings is 1. The minimum atomic E-state index is -0.749. The highest BCUT2D eigenvalue weighted by Crippen LogP contribution is 2.29. The second kappa shape index (κ2) is 22.9. The van der Waals surface area contributed by atoms with Crippen LogP contribution < -0.4 is 20.7 Å². The van der Waals surface area contributed by atoms with Gasteiger partial charge in [0.25, 0.3) is 0 Å². The summed E-state index contributed by atoms with van der Waals surface area (Å²) in [7, 11) is 0. The third-order valence-corrected chi connectivity index (χ3v) is 8.68. The van der Waals surface area contributed by atoms with Gasteiger partial charge in [-0.3, -0.25) is 14.7 Å². The van der Waals surface area contributed by atoms with Crippen LogP contribution in [-0.4, -0.2) is 53.7 Å². The number of rotatable bonds is 21. The Balaban J connectivity index is 1.01. The van der Waals surface area contributed by atoms with E-state index in [9.17, 15) is 14.7 Å². The molecule has 1 aromatic heterocycles. The molecule has 4 aromatic carbocycles. The zero-order valence-corrected chi connectivity index (χ0v) is 31.0. The largest absolute Gasteiger partial charge is 0.487 e. The van der Waals surface area contributed by atoms with Crippen LogP contribution >= 0.6 is 0 Å². The van der Waals surface area contributed by atoms with Crippen molar-refractivity contribution >= 4 is 29.5 Å². The van der Waals surface area contributed by atoms with Crippen molar-refractivity contribution in [2.24, 2.45) is 0 Å². The van der Waals surface area contributed by atoms with Gasteiger partial charge in [-0.2, -0.15) is 0 Å². The number of benzene rings is 4. The van der Waals surface area contributed by atoms with E-state index in [1.807, 2.05) is 78.9 Å². The molecule has 1 atom stereocenters. The van der Waals surface area contributed by atoms with Gasteiger partial charge in [0.1, 0.15) is 12.4 Å². The normalized spacial score (nSPS) is 11.2. The molecule has 3 amide bonds. The molecule has 0 unspecified atom stereocenters. The van der Waals surface area contributed by atoms with Gasteiger partial charge in [0, 0.05) is 43.6 Å². The van der Waals surface area contributed by atoms with Crippen LogP contribution in [0.5, 0.6) is 5.75 Å². The number of amides is 3. The van der Waals surface area contributed by atoms with E-state index < -0.39 is 6.10 Å². The summed E-state index contributed by atoms with van der Waals surface area (Å²) in [6.07, 6.45) is 7.78. The molecule has 0 radical (unpaired) electrons. The lowest BCUT2D eigenvalue weighted by atomic mass is 10.1. The van der Waals surface area contributed by atoms with Crippen molar-refractivity contribution in [3.05, 3.63) is 150 Å². The summed E-state index contributed by atoms with van der Waals surface area (Å²) in [6, 6.07) is 36.2. The molecule has 10 nitrogen and oxygen atoms in total. The van der Waals surface area contributed by atoms with E-state index in [-0.39, 0.29) is 6.03 Å². The molecule has 10 heteroatoms. The summed E-state index contributed by atoms with van der Waals surface area (Å²) in [5, 5.41) is 19.6. The Morgan fingerprint density at radius 1 is 0.818 bits per heavy atom. The quantitative estimate of drug-likeness (QED) is 0.0338. The predicted molar refractivity (Wildman–Crippen MR) is 218 cm³/mol. The molecule has 55 heavy (non-hydrogen) atoms. The third kappa shape index (κ3) is 14.7. The molecule has 5 rings (SSSR count). The first-order valence-corrected chi connectivity index (χ1v) is 18.7. The highest BCUT2D eigenvalue weighted by molar-refractivity contribution is 5.99. The van der Waals surface area contributed by atoms with Crippen molar-refractivity contribution in [2.75, 3.05) is 42.3 Å². The number of unbranched alkanes of at least 4 members (excludes halogenated alkanes) is 3. The predicted octanol–water partition coefficient (Wildman–Crippen LogP) is 8.43. The number of aliphatic hydroxyl groups excluding tert-OH is 1. The first kappa shape index (κ1) is 40.2. The van der Waals surface area contributed by atoms with Gasteiger partial charge in [0.05, 0.1) is 30.3 Å². The number of carbonyl (C=O) groups is 2. The van der Waals surface area contributed by atoms with Crippen LogP contribution in [-0.2, 0) is 22.7 Å². The van der Waals surface area contributed by atoms with Crippen molar-refractivity contribution in [1.29, 1.82) is 0 Å². The number of ether oxygens (including phenoxy) is 2. The number of nitrogens with one attached hydrogen (secondary N) is 3. The average molecular weight is 740 g/mol. The Morgan fingerprint density at radius 3 is 2.36 bits per heavy atom. The molecule has 0 fully saturated rings. The first-order chi connectivity index (χ1) is 27.1. The molecule has 0 aliphatic heterocycles. The fraction of sp³-hybridized carbons (Fsp3) is 0.267. The molecule has 0 saturated carbocycles. The van der Waals surface area contributed by atoms with Crippen LogP contribution in [0.1, 0.15) is 60.5 Å². The fourth-order valence-corrected chi connectivity index (χ4v) is 5.91. The Kier molecular flexibility index (Phi) is 16.8. The third-order valence-electron chi connectivity index (χ3n) is 8.68. The molecule has 284 valence electrons. The number of hydrogen-bond donors (Lipinski definition) is 4. The minimum absolute atomic E-state index is 0.345. The van der Waals surface area contributed by atoms with Gasteiger partial charge >= 0.3 is 6.03 Å². The summed E-state index contributed by atoms with van der Waals surface area (Å²) in [5.41, 5.74) is 5.53.